The van der Waals surface area contributed by atoms with Crippen LogP contribution in [0.2, 0.25) is 0 Å². The molecule has 4 nitrogen and oxygen atoms in total. The minimum absolute atomic E-state index is 0.00637. The monoisotopic (exact) mass is 382 g/mol. The summed E-state index contributed by atoms with van der Waals surface area (Å²) in [5, 5.41) is 4.84. The van der Waals surface area contributed by atoms with Gasteiger partial charge in [-0.2, -0.15) is 0 Å². The minimum Gasteiger partial charge on any atom is -0.322 e. The van der Waals surface area contributed by atoms with Crippen LogP contribution in [0, 0.1) is 6.92 Å². The average molecular weight is 382 g/mol. The fourth-order valence-corrected chi connectivity index (χ4v) is 3.53. The molecule has 3 aromatic rings. The molecule has 0 bridgehead atoms. The predicted octanol–water partition coefficient (Wildman–Crippen LogP) is 3.69. The van der Waals surface area contributed by atoms with E-state index in [1.165, 1.54) is 0 Å². The van der Waals surface area contributed by atoms with Crippen LogP contribution in [0.1, 0.15) is 39.1 Å². The summed E-state index contributed by atoms with van der Waals surface area (Å²) in [6, 6.07) is 22.0. The fraction of sp³-hybridized carbons (Fsp3) is 0.160. The van der Waals surface area contributed by atoms with Crippen molar-refractivity contribution in [3.63, 3.8) is 0 Å². The Morgan fingerprint density at radius 3 is 2.45 bits per heavy atom. The first-order valence-corrected chi connectivity index (χ1v) is 9.76. The van der Waals surface area contributed by atoms with E-state index >= 15 is 0 Å². The summed E-state index contributed by atoms with van der Waals surface area (Å²) in [7, 11) is 0. The van der Waals surface area contributed by atoms with E-state index in [4.69, 9.17) is 0 Å². The number of hydrogen-bond acceptors (Lipinski definition) is 3. The predicted molar refractivity (Wildman–Crippen MR) is 115 cm³/mol. The molecule has 1 N–H and O–H groups in total. The standard InChI is InChI=1S/C25H22N2O2/c1-17-7-2-4-10-21(17)25(29)26-20-15-13-19(14-16-20)24(28)23-12-6-9-18-8-3-5-11-22(18)27-23/h2-5,7-11,13-16,23H,6,12H2,1H3,(H,26,29). The van der Waals surface area contributed by atoms with E-state index in [1.54, 1.807) is 30.3 Å². The normalized spacial score (nSPS) is 15.3. The molecule has 1 aliphatic rings. The Hall–Kier alpha value is -3.53. The van der Waals surface area contributed by atoms with Crippen molar-refractivity contribution in [2.45, 2.75) is 25.8 Å². The number of benzene rings is 3. The number of carbonyl (C=O) groups excluding carboxylic acids is 2. The van der Waals surface area contributed by atoms with Crippen molar-refractivity contribution in [1.82, 2.24) is 0 Å². The van der Waals surface area contributed by atoms with E-state index in [2.05, 4.69) is 16.4 Å². The van der Waals surface area contributed by atoms with Crippen LogP contribution < -0.4 is 15.9 Å². The topological polar surface area (TPSA) is 58.5 Å². The molecule has 1 unspecified atom stereocenters. The second-order valence-electron chi connectivity index (χ2n) is 7.20. The smallest absolute Gasteiger partial charge is 0.255 e. The van der Waals surface area contributed by atoms with E-state index in [0.29, 0.717) is 23.2 Å². The van der Waals surface area contributed by atoms with Gasteiger partial charge in [0.05, 0.1) is 5.36 Å². The lowest BCUT2D eigenvalue weighted by Gasteiger charge is -2.11. The zero-order valence-electron chi connectivity index (χ0n) is 16.3. The molecule has 1 atom stereocenters. The van der Waals surface area contributed by atoms with E-state index in [-0.39, 0.29) is 17.7 Å². The van der Waals surface area contributed by atoms with Gasteiger partial charge in [-0.1, -0.05) is 42.5 Å². The number of rotatable bonds is 4. The largest absolute Gasteiger partial charge is 0.322 e. The van der Waals surface area contributed by atoms with Crippen LogP contribution in [0.15, 0.2) is 77.8 Å². The lowest BCUT2D eigenvalue weighted by Crippen LogP contribution is -2.27. The van der Waals surface area contributed by atoms with Gasteiger partial charge in [0, 0.05) is 16.8 Å². The Balaban J connectivity index is 1.51. The molecule has 3 aromatic carbocycles. The van der Waals surface area contributed by atoms with Gasteiger partial charge in [0.15, 0.2) is 5.78 Å². The molecule has 0 saturated heterocycles. The van der Waals surface area contributed by atoms with Crippen molar-refractivity contribution in [3.05, 3.63) is 100 Å². The van der Waals surface area contributed by atoms with Gasteiger partial charge in [-0.25, -0.2) is 0 Å². The molecule has 1 heterocycles. The maximum atomic E-state index is 13.0. The van der Waals surface area contributed by atoms with Crippen LogP contribution in [0.3, 0.4) is 0 Å². The molecule has 0 saturated carbocycles. The molecule has 4 rings (SSSR count). The van der Waals surface area contributed by atoms with Gasteiger partial charge >= 0.3 is 0 Å². The third-order valence-corrected chi connectivity index (χ3v) is 5.16. The zero-order valence-corrected chi connectivity index (χ0v) is 16.3. The second-order valence-corrected chi connectivity index (χ2v) is 7.20. The molecule has 1 amide bonds. The number of anilines is 1. The molecule has 4 heteroatoms. The van der Waals surface area contributed by atoms with Gasteiger partial charge in [0.1, 0.15) is 6.04 Å². The Kier molecular flexibility index (Phi) is 5.34. The summed E-state index contributed by atoms with van der Waals surface area (Å²) in [6.07, 6.45) is 3.65. The van der Waals surface area contributed by atoms with Gasteiger partial charge in [0.25, 0.3) is 5.91 Å². The third-order valence-electron chi connectivity index (χ3n) is 5.16. The molecule has 1 aliphatic heterocycles. The lowest BCUT2D eigenvalue weighted by molar-refractivity contribution is 0.0957. The van der Waals surface area contributed by atoms with Gasteiger partial charge < -0.3 is 5.32 Å². The van der Waals surface area contributed by atoms with Gasteiger partial charge in [-0.3, -0.25) is 14.6 Å². The molecule has 0 aromatic heterocycles. The molecule has 0 radical (unpaired) electrons. The SMILES string of the molecule is Cc1ccccc1C(=O)Nc1ccc(C(=O)C2CCC=c3ccccc3=N2)cc1. The highest BCUT2D eigenvalue weighted by atomic mass is 16.1. The van der Waals surface area contributed by atoms with Crippen molar-refractivity contribution in [1.29, 1.82) is 0 Å². The van der Waals surface area contributed by atoms with Gasteiger partial charge in [0.2, 0.25) is 0 Å². The highest BCUT2D eigenvalue weighted by Crippen LogP contribution is 2.17. The van der Waals surface area contributed by atoms with Crippen molar-refractivity contribution >= 4 is 23.5 Å². The molecule has 29 heavy (non-hydrogen) atoms. The van der Waals surface area contributed by atoms with E-state index in [1.807, 2.05) is 49.4 Å². The number of Topliss-reactive ketones (excluding diaryl/α,β-unsaturated/α-hetero) is 1. The minimum atomic E-state index is -0.387. The number of nitrogens with zero attached hydrogens (tertiary/aromatic N) is 1. The maximum absolute atomic E-state index is 13.0. The number of ketones is 1. The van der Waals surface area contributed by atoms with Gasteiger partial charge in [-0.05, 0) is 66.9 Å². The summed E-state index contributed by atoms with van der Waals surface area (Å²) >= 11 is 0. The molecular formula is C25H22N2O2. The Bertz CT molecular complexity index is 1180. The summed E-state index contributed by atoms with van der Waals surface area (Å²) < 4.78 is 0. The van der Waals surface area contributed by atoms with Gasteiger partial charge in [-0.15, -0.1) is 0 Å². The molecule has 0 spiro atoms. The highest BCUT2D eigenvalue weighted by molar-refractivity contribution is 6.06. The maximum Gasteiger partial charge on any atom is 0.255 e. The molecular weight excluding hydrogens is 360 g/mol. The van der Waals surface area contributed by atoms with E-state index in [9.17, 15) is 9.59 Å². The Labute approximate surface area is 169 Å². The number of carbonyl (C=O) groups is 2. The highest BCUT2D eigenvalue weighted by Gasteiger charge is 2.19. The number of hydrogen-bond donors (Lipinski definition) is 1. The fourth-order valence-electron chi connectivity index (χ4n) is 3.53. The second kappa shape index (κ2) is 8.23. The van der Waals surface area contributed by atoms with Crippen LogP contribution in [-0.4, -0.2) is 17.7 Å². The number of para-hydroxylation sites is 1. The summed E-state index contributed by atoms with van der Waals surface area (Å²) in [5.41, 5.74) is 2.82. The summed E-state index contributed by atoms with van der Waals surface area (Å²) in [4.78, 5) is 30.1. The van der Waals surface area contributed by atoms with Crippen molar-refractivity contribution in [3.8, 4) is 0 Å². The third kappa shape index (κ3) is 4.16. The van der Waals surface area contributed by atoms with Crippen LogP contribution in [0.25, 0.3) is 6.08 Å². The summed E-state index contributed by atoms with van der Waals surface area (Å²) in [5.74, 6) is -0.153. The quantitative estimate of drug-likeness (QED) is 0.700. The Morgan fingerprint density at radius 1 is 0.931 bits per heavy atom. The van der Waals surface area contributed by atoms with E-state index < -0.39 is 0 Å². The van der Waals surface area contributed by atoms with Crippen molar-refractivity contribution in [2.75, 3.05) is 5.32 Å². The molecule has 0 aliphatic carbocycles. The average Bonchev–Trinajstić information content (AvgIpc) is 2.96. The first kappa shape index (κ1) is 18.8. The van der Waals surface area contributed by atoms with Crippen molar-refractivity contribution in [2.24, 2.45) is 4.99 Å². The number of aryl methyl sites for hydroxylation is 1. The number of amides is 1. The molecule has 0 fully saturated rings. The van der Waals surface area contributed by atoms with Crippen LogP contribution in [-0.2, 0) is 0 Å². The molecule has 144 valence electrons. The van der Waals surface area contributed by atoms with E-state index in [0.717, 1.165) is 22.6 Å². The first-order valence-electron chi connectivity index (χ1n) is 9.76. The van der Waals surface area contributed by atoms with Crippen molar-refractivity contribution < 1.29 is 9.59 Å². The Morgan fingerprint density at radius 2 is 1.66 bits per heavy atom. The first-order chi connectivity index (χ1) is 14.1. The summed E-state index contributed by atoms with van der Waals surface area (Å²) in [6.45, 7) is 1.91. The van der Waals surface area contributed by atoms with Crippen LogP contribution in [0.5, 0.6) is 0 Å². The number of nitrogens with one attached hydrogen (secondary N) is 1. The zero-order chi connectivity index (χ0) is 20.2. The van der Waals surface area contributed by atoms with Crippen LogP contribution in [0.4, 0.5) is 5.69 Å². The number of fused-ring (bicyclic) bond motifs is 1. The lowest BCUT2D eigenvalue weighted by atomic mass is 10.0. The van der Waals surface area contributed by atoms with Crippen LogP contribution >= 0.6 is 0 Å².